The predicted octanol–water partition coefficient (Wildman–Crippen LogP) is 6.01. The Morgan fingerprint density at radius 3 is 2.82 bits per heavy atom. The summed E-state index contributed by atoms with van der Waals surface area (Å²) in [6.45, 7) is 1.15. The smallest absolute Gasteiger partial charge is 0.270 e. The number of fused-ring (bicyclic) bond motifs is 2. The standard InChI is InChI=1S/C22H16ClN5O3S2/c23-16-3-1-4-18-20(16)25-22(33-18)27(9-2-8-26-10-7-24-13-26)21(29)19-12-14-11-15(28(30)31)5-6-17(14)32-19/h1,3-7,10-13H,2,8-9H2. The van der Waals surface area contributed by atoms with Gasteiger partial charge in [0.1, 0.15) is 5.52 Å². The monoisotopic (exact) mass is 497 g/mol. The fourth-order valence-corrected chi connectivity index (χ4v) is 5.80. The van der Waals surface area contributed by atoms with Gasteiger partial charge in [0.2, 0.25) is 0 Å². The van der Waals surface area contributed by atoms with Gasteiger partial charge in [-0.05, 0) is 30.7 Å². The summed E-state index contributed by atoms with van der Waals surface area (Å²) in [4.78, 5) is 35.2. The quantitative estimate of drug-likeness (QED) is 0.203. The van der Waals surface area contributed by atoms with E-state index in [4.69, 9.17) is 11.6 Å². The summed E-state index contributed by atoms with van der Waals surface area (Å²) in [6.07, 6.45) is 6.03. The molecule has 0 bridgehead atoms. The van der Waals surface area contributed by atoms with Crippen molar-refractivity contribution in [2.24, 2.45) is 0 Å². The summed E-state index contributed by atoms with van der Waals surface area (Å²) in [5.41, 5.74) is 0.663. The molecule has 1 amide bonds. The van der Waals surface area contributed by atoms with Crippen molar-refractivity contribution in [2.45, 2.75) is 13.0 Å². The van der Waals surface area contributed by atoms with E-state index in [1.54, 1.807) is 35.6 Å². The van der Waals surface area contributed by atoms with Crippen LogP contribution < -0.4 is 4.90 Å². The van der Waals surface area contributed by atoms with Gasteiger partial charge in [-0.25, -0.2) is 9.97 Å². The lowest BCUT2D eigenvalue weighted by atomic mass is 10.2. The van der Waals surface area contributed by atoms with Gasteiger partial charge in [-0.1, -0.05) is 29.0 Å². The Bertz CT molecular complexity index is 1480. The van der Waals surface area contributed by atoms with Gasteiger partial charge in [0, 0.05) is 47.7 Å². The molecule has 33 heavy (non-hydrogen) atoms. The number of carbonyl (C=O) groups excluding carboxylic acids is 1. The van der Waals surface area contributed by atoms with Crippen LogP contribution >= 0.6 is 34.3 Å². The van der Waals surface area contributed by atoms with E-state index in [2.05, 4.69) is 9.97 Å². The molecule has 0 aliphatic carbocycles. The zero-order valence-electron chi connectivity index (χ0n) is 17.1. The van der Waals surface area contributed by atoms with Crippen molar-refractivity contribution in [3.63, 3.8) is 0 Å². The third kappa shape index (κ3) is 4.32. The van der Waals surface area contributed by atoms with Crippen LogP contribution in [0.1, 0.15) is 16.1 Å². The third-order valence-corrected chi connectivity index (χ3v) is 7.57. The number of anilines is 1. The number of imidazole rings is 1. The highest BCUT2D eigenvalue weighted by Gasteiger charge is 2.24. The summed E-state index contributed by atoms with van der Waals surface area (Å²) < 4.78 is 3.67. The molecule has 0 aliphatic rings. The molecule has 0 saturated carbocycles. The summed E-state index contributed by atoms with van der Waals surface area (Å²) in [7, 11) is 0. The van der Waals surface area contributed by atoms with Crippen molar-refractivity contribution in [1.82, 2.24) is 14.5 Å². The minimum atomic E-state index is -0.439. The molecule has 11 heteroatoms. The molecule has 3 aromatic heterocycles. The highest BCUT2D eigenvalue weighted by Crippen LogP contribution is 2.35. The molecule has 0 N–H and O–H groups in total. The van der Waals surface area contributed by atoms with Crippen molar-refractivity contribution >= 4 is 71.3 Å². The Hall–Kier alpha value is -3.34. The molecule has 0 aliphatic heterocycles. The summed E-state index contributed by atoms with van der Waals surface area (Å²) >= 11 is 9.04. The van der Waals surface area contributed by atoms with Gasteiger partial charge in [0.05, 0.1) is 25.9 Å². The molecule has 5 rings (SSSR count). The number of halogens is 1. The number of aromatic nitrogens is 3. The van der Waals surface area contributed by atoms with Crippen LogP contribution in [0.25, 0.3) is 20.3 Å². The van der Waals surface area contributed by atoms with Crippen LogP contribution in [0.5, 0.6) is 0 Å². The third-order valence-electron chi connectivity index (χ3n) is 5.11. The van der Waals surface area contributed by atoms with E-state index in [1.165, 1.54) is 34.8 Å². The number of nitrogens with zero attached hydrogens (tertiary/aromatic N) is 5. The van der Waals surface area contributed by atoms with Gasteiger partial charge in [-0.15, -0.1) is 11.3 Å². The number of benzene rings is 2. The van der Waals surface area contributed by atoms with Crippen molar-refractivity contribution in [2.75, 3.05) is 11.4 Å². The van der Waals surface area contributed by atoms with Crippen molar-refractivity contribution in [3.8, 4) is 0 Å². The molecular weight excluding hydrogens is 482 g/mol. The SMILES string of the molecule is O=C(c1cc2cc([N+](=O)[O-])ccc2s1)N(CCCn1ccnc1)c1nc2c(Cl)cccc2s1. The Kier molecular flexibility index (Phi) is 5.79. The van der Waals surface area contributed by atoms with E-state index < -0.39 is 4.92 Å². The van der Waals surface area contributed by atoms with Crippen molar-refractivity contribution < 1.29 is 9.72 Å². The van der Waals surface area contributed by atoms with Crippen molar-refractivity contribution in [1.29, 1.82) is 0 Å². The molecule has 5 aromatic rings. The van der Waals surface area contributed by atoms with Gasteiger partial charge < -0.3 is 4.57 Å². The van der Waals surface area contributed by atoms with E-state index >= 15 is 0 Å². The zero-order chi connectivity index (χ0) is 22.9. The van der Waals surface area contributed by atoms with Crippen LogP contribution in [-0.2, 0) is 6.54 Å². The number of para-hydroxylation sites is 1. The summed E-state index contributed by atoms with van der Waals surface area (Å²) in [5, 5.41) is 12.9. The number of rotatable bonds is 7. The number of carbonyl (C=O) groups is 1. The van der Waals surface area contributed by atoms with E-state index in [0.717, 1.165) is 9.40 Å². The van der Waals surface area contributed by atoms with Crippen LogP contribution in [0.15, 0.2) is 61.2 Å². The van der Waals surface area contributed by atoms with Gasteiger partial charge >= 0.3 is 0 Å². The van der Waals surface area contributed by atoms with Gasteiger partial charge in [0.25, 0.3) is 11.6 Å². The maximum absolute atomic E-state index is 13.6. The van der Waals surface area contributed by atoms with E-state index in [0.29, 0.717) is 45.4 Å². The topological polar surface area (TPSA) is 94.2 Å². The molecule has 8 nitrogen and oxygen atoms in total. The molecule has 3 heterocycles. The number of thiazole rings is 1. The second-order valence-electron chi connectivity index (χ2n) is 7.28. The average Bonchev–Trinajstić information content (AvgIpc) is 3.55. The van der Waals surface area contributed by atoms with Gasteiger partial charge in [-0.2, -0.15) is 0 Å². The van der Waals surface area contributed by atoms with E-state index in [9.17, 15) is 14.9 Å². The first-order valence-electron chi connectivity index (χ1n) is 10.0. The van der Waals surface area contributed by atoms with E-state index in [1.807, 2.05) is 22.9 Å². The summed E-state index contributed by atoms with van der Waals surface area (Å²) in [5.74, 6) is -0.195. The molecule has 2 aromatic carbocycles. The zero-order valence-corrected chi connectivity index (χ0v) is 19.4. The van der Waals surface area contributed by atoms with Crippen LogP contribution in [0.2, 0.25) is 5.02 Å². The first kappa shape index (κ1) is 21.5. The first-order valence-corrected chi connectivity index (χ1v) is 12.0. The maximum Gasteiger partial charge on any atom is 0.270 e. The number of aryl methyl sites for hydroxylation is 1. The van der Waals surface area contributed by atoms with Gasteiger partial charge in [0.15, 0.2) is 5.13 Å². The predicted molar refractivity (Wildman–Crippen MR) is 132 cm³/mol. The molecule has 0 fully saturated rings. The number of non-ortho nitro benzene ring substituents is 1. The maximum atomic E-state index is 13.6. The molecule has 0 radical (unpaired) electrons. The van der Waals surface area contributed by atoms with Crippen LogP contribution in [0.4, 0.5) is 10.8 Å². The second kappa shape index (κ2) is 8.89. The molecule has 0 saturated heterocycles. The number of amides is 1. The Morgan fingerprint density at radius 2 is 2.06 bits per heavy atom. The fourth-order valence-electron chi connectivity index (χ4n) is 3.52. The lowest BCUT2D eigenvalue weighted by molar-refractivity contribution is -0.384. The van der Waals surface area contributed by atoms with Crippen LogP contribution in [0, 0.1) is 10.1 Å². The Balaban J connectivity index is 1.49. The van der Waals surface area contributed by atoms with Gasteiger partial charge in [-0.3, -0.25) is 19.8 Å². The van der Waals surface area contributed by atoms with Crippen molar-refractivity contribution in [3.05, 3.63) is 81.2 Å². The molecule has 0 unspecified atom stereocenters. The minimum absolute atomic E-state index is 0.00250. The number of nitro groups is 1. The highest BCUT2D eigenvalue weighted by atomic mass is 35.5. The second-order valence-corrected chi connectivity index (χ2v) is 9.78. The lowest BCUT2D eigenvalue weighted by Gasteiger charge is -2.19. The Morgan fingerprint density at radius 1 is 1.18 bits per heavy atom. The number of thiophene rings is 1. The summed E-state index contributed by atoms with van der Waals surface area (Å²) in [6, 6.07) is 11.9. The normalized spacial score (nSPS) is 11.3. The minimum Gasteiger partial charge on any atom is -0.337 e. The number of nitro benzene ring substituents is 1. The van der Waals surface area contributed by atoms with Crippen LogP contribution in [-0.4, -0.2) is 31.9 Å². The molecule has 0 atom stereocenters. The largest absolute Gasteiger partial charge is 0.337 e. The molecule has 166 valence electrons. The number of hydrogen-bond acceptors (Lipinski definition) is 7. The fraction of sp³-hybridized carbons (Fsp3) is 0.136. The number of hydrogen-bond donors (Lipinski definition) is 0. The first-order chi connectivity index (χ1) is 16.0. The Labute approximate surface area is 200 Å². The molecular formula is C22H16ClN5O3S2. The lowest BCUT2D eigenvalue weighted by Crippen LogP contribution is -2.31. The van der Waals surface area contributed by atoms with Crippen LogP contribution in [0.3, 0.4) is 0 Å². The average molecular weight is 498 g/mol. The molecule has 0 spiro atoms. The van der Waals surface area contributed by atoms with E-state index in [-0.39, 0.29) is 11.6 Å². The highest BCUT2D eigenvalue weighted by molar-refractivity contribution is 7.23.